The number of fused-ring (bicyclic) bond motifs is 1. The Morgan fingerprint density at radius 1 is 1.26 bits per heavy atom. The van der Waals surface area contributed by atoms with Crippen molar-refractivity contribution in [3.8, 4) is 5.75 Å². The molecule has 0 aliphatic carbocycles. The Labute approximate surface area is 160 Å². The van der Waals surface area contributed by atoms with E-state index in [9.17, 15) is 9.59 Å². The van der Waals surface area contributed by atoms with E-state index in [0.29, 0.717) is 17.4 Å². The van der Waals surface area contributed by atoms with Crippen molar-refractivity contribution in [2.75, 3.05) is 19.5 Å². The number of benzene rings is 1. The number of carbonyl (C=O) groups is 2. The first-order valence-corrected chi connectivity index (χ1v) is 9.17. The SMILES string of the molecule is COc1ccc(CN(C)C(=O)CCC(=O)Nc2nncs2)c2cccnc12. The Hall–Kier alpha value is -3.07. The zero-order valence-electron chi connectivity index (χ0n) is 15.0. The van der Waals surface area contributed by atoms with Gasteiger partial charge in [0.05, 0.1) is 7.11 Å². The van der Waals surface area contributed by atoms with Crippen LogP contribution >= 0.6 is 11.3 Å². The van der Waals surface area contributed by atoms with Gasteiger partial charge in [-0.05, 0) is 17.7 Å². The van der Waals surface area contributed by atoms with Crippen LogP contribution < -0.4 is 10.1 Å². The van der Waals surface area contributed by atoms with Crippen molar-refractivity contribution in [1.29, 1.82) is 0 Å². The maximum absolute atomic E-state index is 12.4. The highest BCUT2D eigenvalue weighted by Gasteiger charge is 2.15. The molecule has 0 unspecified atom stereocenters. The molecule has 2 amide bonds. The lowest BCUT2D eigenvalue weighted by Gasteiger charge is -2.19. The summed E-state index contributed by atoms with van der Waals surface area (Å²) in [7, 11) is 3.32. The van der Waals surface area contributed by atoms with E-state index in [-0.39, 0.29) is 24.7 Å². The van der Waals surface area contributed by atoms with Crippen molar-refractivity contribution in [1.82, 2.24) is 20.1 Å². The molecule has 0 atom stereocenters. The molecule has 0 aliphatic heterocycles. The maximum atomic E-state index is 12.4. The number of hydrogen-bond donors (Lipinski definition) is 1. The van der Waals surface area contributed by atoms with Crippen molar-refractivity contribution < 1.29 is 14.3 Å². The molecule has 0 aliphatic rings. The monoisotopic (exact) mass is 385 g/mol. The molecule has 1 N–H and O–H groups in total. The van der Waals surface area contributed by atoms with Crippen LogP contribution in [-0.2, 0) is 16.1 Å². The number of carbonyl (C=O) groups excluding carboxylic acids is 2. The molecular weight excluding hydrogens is 366 g/mol. The molecule has 9 heteroatoms. The Kier molecular flexibility index (Phi) is 5.92. The molecule has 0 spiro atoms. The number of rotatable bonds is 7. The Bertz CT molecular complexity index is 945. The van der Waals surface area contributed by atoms with Gasteiger partial charge < -0.3 is 15.0 Å². The fourth-order valence-corrected chi connectivity index (χ4v) is 3.13. The lowest BCUT2D eigenvalue weighted by Crippen LogP contribution is -2.27. The van der Waals surface area contributed by atoms with Crippen LogP contribution in [0.1, 0.15) is 18.4 Å². The van der Waals surface area contributed by atoms with E-state index < -0.39 is 0 Å². The van der Waals surface area contributed by atoms with Crippen LogP contribution in [0.3, 0.4) is 0 Å². The van der Waals surface area contributed by atoms with E-state index in [1.165, 1.54) is 16.8 Å². The molecule has 0 saturated carbocycles. The molecule has 3 aromatic rings. The number of methoxy groups -OCH3 is 1. The van der Waals surface area contributed by atoms with Crippen molar-refractivity contribution >= 4 is 39.2 Å². The average molecular weight is 385 g/mol. The van der Waals surface area contributed by atoms with Crippen molar-refractivity contribution in [2.45, 2.75) is 19.4 Å². The second kappa shape index (κ2) is 8.54. The molecule has 140 valence electrons. The second-order valence-corrected chi connectivity index (χ2v) is 6.70. The first-order chi connectivity index (χ1) is 13.1. The van der Waals surface area contributed by atoms with Gasteiger partial charge in [-0.2, -0.15) is 0 Å². The number of anilines is 1. The predicted molar refractivity (Wildman–Crippen MR) is 103 cm³/mol. The first-order valence-electron chi connectivity index (χ1n) is 8.29. The quantitative estimate of drug-likeness (QED) is 0.671. The predicted octanol–water partition coefficient (Wildman–Crippen LogP) is 2.47. The topological polar surface area (TPSA) is 97.3 Å². The van der Waals surface area contributed by atoms with Crippen LogP contribution in [0.4, 0.5) is 5.13 Å². The minimum absolute atomic E-state index is 0.0909. The van der Waals surface area contributed by atoms with Gasteiger partial charge in [-0.15, -0.1) is 10.2 Å². The van der Waals surface area contributed by atoms with E-state index in [0.717, 1.165) is 16.5 Å². The summed E-state index contributed by atoms with van der Waals surface area (Å²) in [6.07, 6.45) is 1.92. The third kappa shape index (κ3) is 4.56. The van der Waals surface area contributed by atoms with E-state index in [1.807, 2.05) is 24.3 Å². The highest BCUT2D eigenvalue weighted by Crippen LogP contribution is 2.27. The normalized spacial score (nSPS) is 10.6. The van der Waals surface area contributed by atoms with Gasteiger partial charge >= 0.3 is 0 Å². The lowest BCUT2D eigenvalue weighted by molar-refractivity contribution is -0.132. The van der Waals surface area contributed by atoms with E-state index in [1.54, 1.807) is 25.3 Å². The zero-order chi connectivity index (χ0) is 19.2. The Morgan fingerprint density at radius 2 is 2.11 bits per heavy atom. The molecule has 2 heterocycles. The van der Waals surface area contributed by atoms with Crippen LogP contribution in [-0.4, -0.2) is 46.1 Å². The van der Waals surface area contributed by atoms with Gasteiger partial charge in [-0.1, -0.05) is 23.5 Å². The van der Waals surface area contributed by atoms with Crippen LogP contribution in [0.5, 0.6) is 5.75 Å². The van der Waals surface area contributed by atoms with Gasteiger partial charge in [0.25, 0.3) is 0 Å². The van der Waals surface area contributed by atoms with E-state index in [2.05, 4.69) is 20.5 Å². The van der Waals surface area contributed by atoms with Gasteiger partial charge in [0, 0.05) is 38.0 Å². The smallest absolute Gasteiger partial charge is 0.226 e. The average Bonchev–Trinajstić information content (AvgIpc) is 3.19. The van der Waals surface area contributed by atoms with E-state index >= 15 is 0 Å². The summed E-state index contributed by atoms with van der Waals surface area (Å²) < 4.78 is 5.35. The molecule has 8 nitrogen and oxygen atoms in total. The van der Waals surface area contributed by atoms with Gasteiger partial charge in [-0.25, -0.2) is 0 Å². The molecule has 27 heavy (non-hydrogen) atoms. The highest BCUT2D eigenvalue weighted by molar-refractivity contribution is 7.13. The van der Waals surface area contributed by atoms with Gasteiger partial charge in [-0.3, -0.25) is 14.6 Å². The number of amides is 2. The minimum atomic E-state index is -0.257. The van der Waals surface area contributed by atoms with Crippen LogP contribution in [0.15, 0.2) is 36.0 Å². The Morgan fingerprint density at radius 3 is 2.85 bits per heavy atom. The number of pyridine rings is 1. The summed E-state index contributed by atoms with van der Waals surface area (Å²) in [5.74, 6) is 0.319. The number of ether oxygens (including phenoxy) is 1. The highest BCUT2D eigenvalue weighted by atomic mass is 32.1. The van der Waals surface area contributed by atoms with Gasteiger partial charge in [0.2, 0.25) is 16.9 Å². The number of hydrogen-bond acceptors (Lipinski definition) is 7. The molecule has 2 aromatic heterocycles. The fourth-order valence-electron chi connectivity index (χ4n) is 2.67. The second-order valence-electron chi connectivity index (χ2n) is 5.87. The van der Waals surface area contributed by atoms with Crippen LogP contribution in [0, 0.1) is 0 Å². The minimum Gasteiger partial charge on any atom is -0.494 e. The van der Waals surface area contributed by atoms with Gasteiger partial charge in [0.1, 0.15) is 16.8 Å². The van der Waals surface area contributed by atoms with Crippen LogP contribution in [0.25, 0.3) is 10.9 Å². The lowest BCUT2D eigenvalue weighted by atomic mass is 10.1. The van der Waals surface area contributed by atoms with Crippen molar-refractivity contribution in [3.05, 3.63) is 41.5 Å². The molecule has 0 bridgehead atoms. The molecule has 0 saturated heterocycles. The summed E-state index contributed by atoms with van der Waals surface area (Å²) in [6.45, 7) is 0.420. The molecule has 0 fully saturated rings. The third-order valence-corrected chi connectivity index (χ3v) is 4.66. The summed E-state index contributed by atoms with van der Waals surface area (Å²) in [5.41, 5.74) is 3.26. The standard InChI is InChI=1S/C18H19N5O3S/c1-23(16(25)8-7-15(24)21-18-22-20-11-27-18)10-12-5-6-14(26-2)17-13(12)4-3-9-19-17/h3-6,9,11H,7-8,10H2,1-2H3,(H,21,22,24). The maximum Gasteiger partial charge on any atom is 0.226 e. The largest absolute Gasteiger partial charge is 0.494 e. The summed E-state index contributed by atoms with van der Waals surface area (Å²) in [5, 5.41) is 11.4. The number of nitrogens with one attached hydrogen (secondary N) is 1. The van der Waals surface area contributed by atoms with Crippen LogP contribution in [0.2, 0.25) is 0 Å². The summed E-state index contributed by atoms with van der Waals surface area (Å²) in [4.78, 5) is 30.2. The third-order valence-electron chi connectivity index (χ3n) is 4.05. The molecule has 0 radical (unpaired) electrons. The van der Waals surface area contributed by atoms with Gasteiger partial charge in [0.15, 0.2) is 0 Å². The summed E-state index contributed by atoms with van der Waals surface area (Å²) >= 11 is 1.23. The summed E-state index contributed by atoms with van der Waals surface area (Å²) in [6, 6.07) is 7.58. The molecule has 1 aromatic carbocycles. The fraction of sp³-hybridized carbons (Fsp3) is 0.278. The Balaban J connectivity index is 1.61. The number of nitrogens with zero attached hydrogens (tertiary/aromatic N) is 4. The number of aromatic nitrogens is 3. The van der Waals surface area contributed by atoms with Crippen molar-refractivity contribution in [3.63, 3.8) is 0 Å². The molecule has 3 rings (SSSR count). The molecular formula is C18H19N5O3S. The van der Waals surface area contributed by atoms with E-state index in [4.69, 9.17) is 4.74 Å². The first kappa shape index (κ1) is 18.7. The zero-order valence-corrected chi connectivity index (χ0v) is 15.8. The van der Waals surface area contributed by atoms with Crippen molar-refractivity contribution in [2.24, 2.45) is 0 Å².